The highest BCUT2D eigenvalue weighted by Crippen LogP contribution is 2.44. The van der Waals surface area contributed by atoms with Gasteiger partial charge in [-0.2, -0.15) is 0 Å². The van der Waals surface area contributed by atoms with Gasteiger partial charge in [0.15, 0.2) is 5.13 Å². The lowest BCUT2D eigenvalue weighted by molar-refractivity contribution is -0.132. The molecule has 1 atom stereocenters. The topological polar surface area (TPSA) is 102 Å². The van der Waals surface area contributed by atoms with E-state index in [2.05, 4.69) is 9.97 Å². The predicted octanol–water partition coefficient (Wildman–Crippen LogP) is 5.38. The molecule has 3 heterocycles. The molecule has 1 fully saturated rings. The van der Waals surface area contributed by atoms with Gasteiger partial charge in [0, 0.05) is 11.8 Å². The van der Waals surface area contributed by atoms with Crippen LogP contribution in [0.25, 0.3) is 16.0 Å². The number of Topliss-reactive ketones (excluding diaryl/α,β-unsaturated/α-hetero) is 1. The normalized spacial score (nSPS) is 17.1. The molecule has 8 nitrogen and oxygen atoms in total. The molecular formula is C26H20ClN3O5S. The molecule has 1 unspecified atom stereocenters. The summed E-state index contributed by atoms with van der Waals surface area (Å²) in [6, 6.07) is 14.2. The van der Waals surface area contributed by atoms with Crippen LogP contribution in [0.2, 0.25) is 5.02 Å². The summed E-state index contributed by atoms with van der Waals surface area (Å²) in [5.41, 5.74) is 1.24. The van der Waals surface area contributed by atoms with Crippen LogP contribution in [-0.2, 0) is 9.59 Å². The average Bonchev–Trinajstić information content (AvgIpc) is 3.42. The van der Waals surface area contributed by atoms with Crippen molar-refractivity contribution >= 4 is 55.7 Å². The van der Waals surface area contributed by atoms with Crippen LogP contribution in [0, 0.1) is 0 Å². The van der Waals surface area contributed by atoms with Crippen molar-refractivity contribution < 1.29 is 24.2 Å². The van der Waals surface area contributed by atoms with Gasteiger partial charge < -0.3 is 14.6 Å². The molecule has 0 radical (unpaired) electrons. The van der Waals surface area contributed by atoms with Crippen LogP contribution in [0.5, 0.6) is 11.5 Å². The van der Waals surface area contributed by atoms with E-state index in [1.807, 2.05) is 13.0 Å². The maximum atomic E-state index is 13.4. The van der Waals surface area contributed by atoms with E-state index in [4.69, 9.17) is 21.1 Å². The number of halogens is 1. The van der Waals surface area contributed by atoms with Crippen LogP contribution >= 0.6 is 22.9 Å². The number of benzene rings is 2. The van der Waals surface area contributed by atoms with Gasteiger partial charge in [0.05, 0.1) is 40.2 Å². The number of thiazole rings is 1. The fourth-order valence-corrected chi connectivity index (χ4v) is 5.28. The highest BCUT2D eigenvalue weighted by Gasteiger charge is 2.48. The van der Waals surface area contributed by atoms with E-state index in [1.165, 1.54) is 29.4 Å². The van der Waals surface area contributed by atoms with Crippen LogP contribution in [0.1, 0.15) is 24.2 Å². The molecule has 1 saturated heterocycles. The Morgan fingerprint density at radius 2 is 2.00 bits per heavy atom. The number of fused-ring (bicyclic) bond motifs is 1. The highest BCUT2D eigenvalue weighted by molar-refractivity contribution is 7.22. The number of rotatable bonds is 6. The summed E-state index contributed by atoms with van der Waals surface area (Å²) in [5, 5.41) is 11.9. The van der Waals surface area contributed by atoms with Crippen molar-refractivity contribution in [3.8, 4) is 11.5 Å². The SMILES string of the molecule is CCOc1ccc2nc(N3C(=O)C(=O)/C(=C(/O)c4ccc(Cl)c(OC)c4)C3c3ccccn3)sc2c1. The van der Waals surface area contributed by atoms with Gasteiger partial charge in [-0.05, 0) is 55.5 Å². The van der Waals surface area contributed by atoms with Gasteiger partial charge in [0.1, 0.15) is 23.3 Å². The van der Waals surface area contributed by atoms with Gasteiger partial charge in [-0.3, -0.25) is 19.5 Å². The Hall–Kier alpha value is -3.95. The Morgan fingerprint density at radius 3 is 2.72 bits per heavy atom. The number of hydrogen-bond donors (Lipinski definition) is 1. The van der Waals surface area contributed by atoms with Gasteiger partial charge in [0.2, 0.25) is 0 Å². The summed E-state index contributed by atoms with van der Waals surface area (Å²) < 4.78 is 11.6. The average molecular weight is 522 g/mol. The lowest BCUT2D eigenvalue weighted by Crippen LogP contribution is -2.29. The van der Waals surface area contributed by atoms with Gasteiger partial charge in [-0.15, -0.1) is 0 Å². The van der Waals surface area contributed by atoms with Crippen LogP contribution in [-0.4, -0.2) is 40.5 Å². The van der Waals surface area contributed by atoms with Crippen molar-refractivity contribution in [1.29, 1.82) is 0 Å². The Kier molecular flexibility index (Phi) is 6.34. The summed E-state index contributed by atoms with van der Waals surface area (Å²) in [7, 11) is 1.45. The largest absolute Gasteiger partial charge is 0.507 e. The number of anilines is 1. The molecule has 2 aromatic heterocycles. The third-order valence-corrected chi connectivity index (χ3v) is 7.03. The summed E-state index contributed by atoms with van der Waals surface area (Å²) in [6.45, 7) is 2.41. The number of aromatic nitrogens is 2. The third kappa shape index (κ3) is 4.06. The van der Waals surface area contributed by atoms with Crippen molar-refractivity contribution in [2.75, 3.05) is 18.6 Å². The first-order valence-corrected chi connectivity index (χ1v) is 12.2. The molecule has 36 heavy (non-hydrogen) atoms. The lowest BCUT2D eigenvalue weighted by atomic mass is 9.98. The number of aliphatic hydroxyl groups excluding tert-OH is 1. The number of hydrogen-bond acceptors (Lipinski definition) is 8. The summed E-state index contributed by atoms with van der Waals surface area (Å²) in [6.07, 6.45) is 1.56. The van der Waals surface area contributed by atoms with E-state index in [0.29, 0.717) is 39.5 Å². The molecule has 10 heteroatoms. The summed E-state index contributed by atoms with van der Waals surface area (Å²) >= 11 is 7.38. The molecule has 2 aromatic carbocycles. The molecule has 5 rings (SSSR count). The number of amides is 1. The minimum Gasteiger partial charge on any atom is -0.507 e. The molecular weight excluding hydrogens is 502 g/mol. The first-order chi connectivity index (χ1) is 17.4. The van der Waals surface area contributed by atoms with E-state index in [9.17, 15) is 14.7 Å². The van der Waals surface area contributed by atoms with E-state index >= 15 is 0 Å². The van der Waals surface area contributed by atoms with Crippen LogP contribution in [0.4, 0.5) is 5.13 Å². The second kappa shape index (κ2) is 9.60. The van der Waals surface area contributed by atoms with Crippen molar-refractivity contribution in [1.82, 2.24) is 9.97 Å². The second-order valence-electron chi connectivity index (χ2n) is 7.83. The minimum atomic E-state index is -0.986. The van der Waals surface area contributed by atoms with Crippen LogP contribution < -0.4 is 14.4 Å². The number of pyridine rings is 1. The van der Waals surface area contributed by atoms with Crippen molar-refractivity contribution in [2.24, 2.45) is 0 Å². The van der Waals surface area contributed by atoms with Crippen LogP contribution in [0.15, 0.2) is 66.4 Å². The zero-order valence-corrected chi connectivity index (χ0v) is 20.8. The first-order valence-electron chi connectivity index (χ1n) is 11.0. The minimum absolute atomic E-state index is 0.0997. The van der Waals surface area contributed by atoms with E-state index in [-0.39, 0.29) is 16.9 Å². The van der Waals surface area contributed by atoms with Gasteiger partial charge in [0.25, 0.3) is 5.78 Å². The maximum absolute atomic E-state index is 13.4. The smallest absolute Gasteiger partial charge is 0.301 e. The Balaban J connectivity index is 1.69. The molecule has 0 bridgehead atoms. The van der Waals surface area contributed by atoms with Gasteiger partial charge in [-0.25, -0.2) is 4.98 Å². The molecule has 182 valence electrons. The van der Waals surface area contributed by atoms with Crippen molar-refractivity contribution in [2.45, 2.75) is 13.0 Å². The number of carbonyl (C=O) groups is 2. The highest BCUT2D eigenvalue weighted by atomic mass is 35.5. The quantitative estimate of drug-likeness (QED) is 0.206. The molecule has 4 aromatic rings. The molecule has 1 aliphatic heterocycles. The number of nitrogens with zero attached hydrogens (tertiary/aromatic N) is 3. The van der Waals surface area contributed by atoms with Gasteiger partial charge in [-0.1, -0.05) is 29.0 Å². The zero-order chi connectivity index (χ0) is 25.4. The number of ketones is 1. The first kappa shape index (κ1) is 23.8. The zero-order valence-electron chi connectivity index (χ0n) is 19.3. The summed E-state index contributed by atoms with van der Waals surface area (Å²) in [5.74, 6) is -1.01. The van der Waals surface area contributed by atoms with E-state index in [0.717, 1.165) is 4.70 Å². The number of methoxy groups -OCH3 is 1. The van der Waals surface area contributed by atoms with Gasteiger partial charge >= 0.3 is 5.91 Å². The number of carbonyl (C=O) groups excluding carboxylic acids is 2. The van der Waals surface area contributed by atoms with Crippen molar-refractivity contribution in [3.05, 3.63) is 82.6 Å². The lowest BCUT2D eigenvalue weighted by Gasteiger charge is -2.22. The number of ether oxygens (including phenoxy) is 2. The van der Waals surface area contributed by atoms with Crippen molar-refractivity contribution in [3.63, 3.8) is 0 Å². The molecule has 0 saturated carbocycles. The van der Waals surface area contributed by atoms with E-state index in [1.54, 1.807) is 48.7 Å². The Morgan fingerprint density at radius 1 is 1.17 bits per heavy atom. The maximum Gasteiger partial charge on any atom is 0.301 e. The predicted molar refractivity (Wildman–Crippen MR) is 138 cm³/mol. The molecule has 1 amide bonds. The Labute approximate surface area is 215 Å². The summed E-state index contributed by atoms with van der Waals surface area (Å²) in [4.78, 5) is 37.0. The standard InChI is InChI=1S/C26H20ClN3O5S/c1-3-35-15-8-10-17-20(13-15)36-26(29-17)30-22(18-6-4-5-11-28-18)21(24(32)25(30)33)23(31)14-7-9-16(27)19(12-14)34-2/h4-13,22,31H,3H2,1-2H3/b23-21+. The Bertz CT molecular complexity index is 1520. The monoisotopic (exact) mass is 521 g/mol. The van der Waals surface area contributed by atoms with E-state index < -0.39 is 17.7 Å². The molecule has 1 aliphatic rings. The number of aliphatic hydroxyl groups is 1. The fourth-order valence-electron chi connectivity index (χ4n) is 4.06. The molecule has 0 aliphatic carbocycles. The second-order valence-corrected chi connectivity index (χ2v) is 9.25. The fraction of sp³-hybridized carbons (Fsp3) is 0.154. The molecule has 0 spiro atoms. The third-order valence-electron chi connectivity index (χ3n) is 5.70. The molecule has 1 N–H and O–H groups in total. The van der Waals surface area contributed by atoms with Crippen LogP contribution in [0.3, 0.4) is 0 Å².